The molecule has 160 valence electrons. The summed E-state index contributed by atoms with van der Waals surface area (Å²) in [6.07, 6.45) is -0.184. The number of pyridine rings is 1. The molecule has 1 aromatic heterocycles. The van der Waals surface area contributed by atoms with Crippen molar-refractivity contribution >= 4 is 11.6 Å². The fourth-order valence-electron chi connectivity index (χ4n) is 3.10. The third kappa shape index (κ3) is 4.94. The molecule has 0 fully saturated rings. The molecule has 31 heavy (non-hydrogen) atoms. The number of ether oxygens (including phenoxy) is 2. The van der Waals surface area contributed by atoms with Crippen molar-refractivity contribution < 1.29 is 27.8 Å². The summed E-state index contributed by atoms with van der Waals surface area (Å²) < 4.78 is 37.6. The van der Waals surface area contributed by atoms with Crippen LogP contribution in [0.1, 0.15) is 39.3 Å². The lowest BCUT2D eigenvalue weighted by atomic mass is 10.0. The van der Waals surface area contributed by atoms with E-state index < -0.39 is 5.82 Å². The second kappa shape index (κ2) is 9.47. The summed E-state index contributed by atoms with van der Waals surface area (Å²) in [6, 6.07) is 11.5. The molecule has 0 aliphatic carbocycles. The molecule has 0 aliphatic heterocycles. The van der Waals surface area contributed by atoms with Gasteiger partial charge in [0.05, 0.1) is 14.2 Å². The molecule has 0 radical (unpaired) electrons. The molecule has 1 heterocycles. The molecule has 0 saturated heterocycles. The van der Waals surface area contributed by atoms with Crippen LogP contribution in [0, 0.1) is 18.6 Å². The van der Waals surface area contributed by atoms with Gasteiger partial charge in [0.15, 0.2) is 23.1 Å². The van der Waals surface area contributed by atoms with Crippen LogP contribution in [0.5, 0.6) is 11.5 Å². The smallest absolute Gasteiger partial charge is 0.181 e. The number of aromatic nitrogens is 1. The zero-order valence-corrected chi connectivity index (χ0v) is 17.4. The normalized spacial score (nSPS) is 10.6. The minimum atomic E-state index is -0.643. The van der Waals surface area contributed by atoms with Gasteiger partial charge in [-0.1, -0.05) is 0 Å². The molecule has 2 aromatic carbocycles. The topological polar surface area (TPSA) is 65.5 Å². The Balaban J connectivity index is 1.78. The maximum absolute atomic E-state index is 13.8. The number of ketones is 2. The molecular weight excluding hydrogens is 404 g/mol. The monoisotopic (exact) mass is 425 g/mol. The Hall–Kier alpha value is -3.61. The van der Waals surface area contributed by atoms with Gasteiger partial charge >= 0.3 is 0 Å². The summed E-state index contributed by atoms with van der Waals surface area (Å²) in [6.45, 7) is 1.63. The van der Waals surface area contributed by atoms with Gasteiger partial charge in [0.1, 0.15) is 23.0 Å². The number of benzene rings is 2. The van der Waals surface area contributed by atoms with Gasteiger partial charge in [-0.3, -0.25) is 9.59 Å². The largest absolute Gasteiger partial charge is 0.494 e. The fourth-order valence-corrected chi connectivity index (χ4v) is 3.10. The van der Waals surface area contributed by atoms with Crippen molar-refractivity contribution in [1.82, 2.24) is 4.98 Å². The van der Waals surface area contributed by atoms with Crippen LogP contribution in [-0.4, -0.2) is 30.8 Å². The average Bonchev–Trinajstić information content (AvgIpc) is 2.78. The Labute approximate surface area is 178 Å². The number of nitrogens with zero attached hydrogens (tertiary/aromatic N) is 1. The molecule has 0 saturated carbocycles. The Bertz CT molecular complexity index is 1140. The Morgan fingerprint density at radius 2 is 1.52 bits per heavy atom. The summed E-state index contributed by atoms with van der Waals surface area (Å²) in [4.78, 5) is 29.4. The first-order chi connectivity index (χ1) is 14.8. The fraction of sp³-hybridized carbons (Fsp3) is 0.208. The first-order valence-corrected chi connectivity index (χ1v) is 9.55. The van der Waals surface area contributed by atoms with Gasteiger partial charge in [0, 0.05) is 24.0 Å². The summed E-state index contributed by atoms with van der Waals surface area (Å²) in [5, 5.41) is 0. The molecule has 0 aliphatic rings. The highest BCUT2D eigenvalue weighted by molar-refractivity contribution is 6.01. The number of carbonyl (C=O) groups is 2. The van der Waals surface area contributed by atoms with Gasteiger partial charge in [-0.2, -0.15) is 0 Å². The van der Waals surface area contributed by atoms with Gasteiger partial charge in [-0.25, -0.2) is 13.8 Å². The van der Waals surface area contributed by atoms with Crippen molar-refractivity contribution in [3.8, 4) is 22.8 Å². The highest BCUT2D eigenvalue weighted by Gasteiger charge is 2.17. The molecule has 3 aromatic rings. The van der Waals surface area contributed by atoms with Gasteiger partial charge < -0.3 is 9.47 Å². The molecular formula is C24H21F2NO4. The number of hydrogen-bond donors (Lipinski definition) is 0. The number of carbonyl (C=O) groups excluding carboxylic acids is 2. The maximum atomic E-state index is 13.8. The minimum Gasteiger partial charge on any atom is -0.494 e. The number of aryl methyl sites for hydroxylation is 1. The molecule has 0 bridgehead atoms. The predicted molar refractivity (Wildman–Crippen MR) is 112 cm³/mol. The van der Waals surface area contributed by atoms with Crippen LogP contribution < -0.4 is 9.47 Å². The molecule has 3 rings (SSSR count). The SMILES string of the molecule is COc1ccc(C(=O)CCC(=O)c2ccc(OC)c(-c3ccc(F)c(C)c3)n2)cc1F. The number of rotatable bonds is 8. The zero-order chi connectivity index (χ0) is 22.5. The van der Waals surface area contributed by atoms with Crippen LogP contribution in [0.25, 0.3) is 11.3 Å². The van der Waals surface area contributed by atoms with Crippen molar-refractivity contribution in [3.05, 3.63) is 77.0 Å². The van der Waals surface area contributed by atoms with E-state index in [1.54, 1.807) is 25.1 Å². The van der Waals surface area contributed by atoms with Gasteiger partial charge in [0.25, 0.3) is 0 Å². The molecule has 5 nitrogen and oxygen atoms in total. The van der Waals surface area contributed by atoms with E-state index in [1.807, 2.05) is 0 Å². The average molecular weight is 425 g/mol. The highest BCUT2D eigenvalue weighted by Crippen LogP contribution is 2.30. The summed E-state index contributed by atoms with van der Waals surface area (Å²) in [5.41, 5.74) is 1.77. The van der Waals surface area contributed by atoms with Crippen LogP contribution >= 0.6 is 0 Å². The van der Waals surface area contributed by atoms with Crippen LogP contribution in [-0.2, 0) is 0 Å². The summed E-state index contributed by atoms with van der Waals surface area (Å²) in [5.74, 6) is -1.21. The lowest BCUT2D eigenvalue weighted by molar-refractivity contribution is 0.0914. The third-order valence-corrected chi connectivity index (χ3v) is 4.85. The third-order valence-electron chi connectivity index (χ3n) is 4.85. The molecule has 0 amide bonds. The lowest BCUT2D eigenvalue weighted by Crippen LogP contribution is -2.08. The van der Waals surface area contributed by atoms with Crippen LogP contribution in [0.3, 0.4) is 0 Å². The van der Waals surface area contributed by atoms with E-state index in [-0.39, 0.29) is 47.2 Å². The molecule has 0 unspecified atom stereocenters. The van der Waals surface area contributed by atoms with E-state index in [0.29, 0.717) is 22.6 Å². The van der Waals surface area contributed by atoms with Crippen molar-refractivity contribution in [3.63, 3.8) is 0 Å². The second-order valence-electron chi connectivity index (χ2n) is 6.91. The Kier molecular flexibility index (Phi) is 6.74. The van der Waals surface area contributed by atoms with Gasteiger partial charge in [-0.05, 0) is 61.0 Å². The van der Waals surface area contributed by atoms with E-state index in [0.717, 1.165) is 6.07 Å². The van der Waals surface area contributed by atoms with E-state index in [2.05, 4.69) is 4.98 Å². The predicted octanol–water partition coefficient (Wildman–Crippen LogP) is 5.20. The van der Waals surface area contributed by atoms with E-state index in [1.165, 1.54) is 38.5 Å². The quantitative estimate of drug-likeness (QED) is 0.464. The number of halogens is 2. The summed E-state index contributed by atoms with van der Waals surface area (Å²) >= 11 is 0. The van der Waals surface area contributed by atoms with Crippen molar-refractivity contribution in [2.75, 3.05) is 14.2 Å². The van der Waals surface area contributed by atoms with Crippen LogP contribution in [0.15, 0.2) is 48.5 Å². The van der Waals surface area contributed by atoms with E-state index >= 15 is 0 Å². The first kappa shape index (κ1) is 22.1. The highest BCUT2D eigenvalue weighted by atomic mass is 19.1. The van der Waals surface area contributed by atoms with Gasteiger partial charge in [0.2, 0.25) is 0 Å². The standard InChI is InChI=1S/C24H21F2NO4/c1-14-12-16(4-6-17(14)25)24-23(31-3)11-7-19(27-24)21(29)9-8-20(28)15-5-10-22(30-2)18(26)13-15/h4-7,10-13H,8-9H2,1-3H3. The number of Topliss-reactive ketones (excluding diaryl/α,β-unsaturated/α-hetero) is 2. The second-order valence-corrected chi connectivity index (χ2v) is 6.91. The number of hydrogen-bond acceptors (Lipinski definition) is 5. The van der Waals surface area contributed by atoms with Crippen molar-refractivity contribution in [2.24, 2.45) is 0 Å². The van der Waals surface area contributed by atoms with Gasteiger partial charge in [-0.15, -0.1) is 0 Å². The van der Waals surface area contributed by atoms with E-state index in [4.69, 9.17) is 9.47 Å². The maximum Gasteiger partial charge on any atom is 0.181 e. The lowest BCUT2D eigenvalue weighted by Gasteiger charge is -2.11. The number of methoxy groups -OCH3 is 2. The summed E-state index contributed by atoms with van der Waals surface area (Å²) in [7, 11) is 2.81. The molecule has 7 heteroatoms. The Morgan fingerprint density at radius 1 is 0.839 bits per heavy atom. The molecule has 0 spiro atoms. The molecule has 0 N–H and O–H groups in total. The van der Waals surface area contributed by atoms with Crippen molar-refractivity contribution in [1.29, 1.82) is 0 Å². The van der Waals surface area contributed by atoms with Crippen molar-refractivity contribution in [2.45, 2.75) is 19.8 Å². The Morgan fingerprint density at radius 3 is 2.16 bits per heavy atom. The van der Waals surface area contributed by atoms with E-state index in [9.17, 15) is 18.4 Å². The zero-order valence-electron chi connectivity index (χ0n) is 17.4. The van der Waals surface area contributed by atoms with Crippen LogP contribution in [0.4, 0.5) is 8.78 Å². The van der Waals surface area contributed by atoms with Crippen LogP contribution in [0.2, 0.25) is 0 Å². The minimum absolute atomic E-state index is 0.0404. The first-order valence-electron chi connectivity index (χ1n) is 9.55. The molecule has 0 atom stereocenters.